The average molecular weight is 421 g/mol. The van der Waals surface area contributed by atoms with Gasteiger partial charge in [-0.05, 0) is 43.5 Å². The Labute approximate surface area is 169 Å². The molecule has 1 atom stereocenters. The van der Waals surface area contributed by atoms with E-state index in [-0.39, 0.29) is 22.2 Å². The van der Waals surface area contributed by atoms with Crippen LogP contribution < -0.4 is 4.72 Å². The molecule has 2 aromatic carbocycles. The van der Waals surface area contributed by atoms with Crippen molar-refractivity contribution in [3.05, 3.63) is 65.2 Å². The Kier molecular flexibility index (Phi) is 5.76. The van der Waals surface area contributed by atoms with Crippen molar-refractivity contribution in [2.45, 2.75) is 36.6 Å². The molecule has 3 rings (SSSR count). The van der Waals surface area contributed by atoms with Crippen LogP contribution in [0.2, 0.25) is 5.02 Å². The van der Waals surface area contributed by atoms with Crippen molar-refractivity contribution in [2.24, 2.45) is 0 Å². The van der Waals surface area contributed by atoms with Gasteiger partial charge in [0, 0.05) is 18.0 Å². The number of hydrogen-bond acceptors (Lipinski definition) is 4. The number of carbonyl (C=O) groups is 2. The standard InChI is InChI=1S/C20H21ClN2O4S/c1-20(19(25)22-28(26,27)17-9-5-8-16(21)14-17)12-13-23(20)18(24)11-10-15-6-3-2-4-7-15/h2-9,14H,10-13H2,1H3,(H,22,25). The number of halogens is 1. The van der Waals surface area contributed by atoms with Crippen LogP contribution >= 0.6 is 11.6 Å². The Bertz CT molecular complexity index is 994. The van der Waals surface area contributed by atoms with Gasteiger partial charge in [0.25, 0.3) is 15.9 Å². The highest BCUT2D eigenvalue weighted by Gasteiger charge is 2.50. The van der Waals surface area contributed by atoms with E-state index in [0.717, 1.165) is 5.56 Å². The molecule has 1 aliphatic heterocycles. The van der Waals surface area contributed by atoms with E-state index < -0.39 is 21.5 Å². The summed E-state index contributed by atoms with van der Waals surface area (Å²) >= 11 is 5.84. The second kappa shape index (κ2) is 7.93. The van der Waals surface area contributed by atoms with Gasteiger partial charge in [-0.2, -0.15) is 0 Å². The number of aryl methyl sites for hydroxylation is 1. The zero-order valence-electron chi connectivity index (χ0n) is 15.4. The van der Waals surface area contributed by atoms with E-state index in [2.05, 4.69) is 4.72 Å². The van der Waals surface area contributed by atoms with E-state index in [4.69, 9.17) is 11.6 Å². The Morgan fingerprint density at radius 2 is 1.86 bits per heavy atom. The molecule has 1 heterocycles. The average Bonchev–Trinajstić information content (AvgIpc) is 2.65. The molecular formula is C20H21ClN2O4S. The summed E-state index contributed by atoms with van der Waals surface area (Å²) in [5.74, 6) is -0.889. The van der Waals surface area contributed by atoms with Crippen molar-refractivity contribution in [3.63, 3.8) is 0 Å². The van der Waals surface area contributed by atoms with Gasteiger partial charge in [0.15, 0.2) is 0 Å². The summed E-state index contributed by atoms with van der Waals surface area (Å²) in [4.78, 5) is 26.6. The monoisotopic (exact) mass is 420 g/mol. The van der Waals surface area contributed by atoms with Crippen molar-refractivity contribution in [3.8, 4) is 0 Å². The maximum Gasteiger partial charge on any atom is 0.264 e. The number of carbonyl (C=O) groups excluding carboxylic acids is 2. The first-order valence-corrected chi connectivity index (χ1v) is 10.8. The predicted octanol–water partition coefficient (Wildman–Crippen LogP) is 2.77. The first kappa shape index (κ1) is 20.4. The fraction of sp³-hybridized carbons (Fsp3) is 0.300. The minimum absolute atomic E-state index is 0.0989. The molecule has 6 nitrogen and oxygen atoms in total. The van der Waals surface area contributed by atoms with Crippen molar-refractivity contribution in [1.82, 2.24) is 9.62 Å². The zero-order chi connectivity index (χ0) is 20.4. The minimum Gasteiger partial charge on any atom is -0.328 e. The molecule has 0 aromatic heterocycles. The van der Waals surface area contributed by atoms with E-state index in [0.29, 0.717) is 19.4 Å². The lowest BCUT2D eigenvalue weighted by atomic mass is 9.85. The third-order valence-electron chi connectivity index (χ3n) is 5.01. The highest BCUT2D eigenvalue weighted by atomic mass is 35.5. The Morgan fingerprint density at radius 3 is 2.46 bits per heavy atom. The SMILES string of the molecule is CC1(C(=O)NS(=O)(=O)c2cccc(Cl)c2)CCN1C(=O)CCc1ccccc1. The molecule has 0 spiro atoms. The Hall–Kier alpha value is -2.38. The second-order valence-corrected chi connectivity index (χ2v) is 9.07. The molecule has 0 aliphatic carbocycles. The number of rotatable bonds is 6. The van der Waals surface area contributed by atoms with Gasteiger partial charge in [-0.15, -0.1) is 0 Å². The third-order valence-corrected chi connectivity index (χ3v) is 6.58. The maximum absolute atomic E-state index is 12.7. The predicted molar refractivity (Wildman–Crippen MR) is 106 cm³/mol. The largest absolute Gasteiger partial charge is 0.328 e. The van der Waals surface area contributed by atoms with Crippen LogP contribution in [0, 0.1) is 0 Å². The molecule has 28 heavy (non-hydrogen) atoms. The lowest BCUT2D eigenvalue weighted by Crippen LogP contribution is -2.67. The number of benzene rings is 2. The summed E-state index contributed by atoms with van der Waals surface area (Å²) < 4.78 is 27.0. The van der Waals surface area contributed by atoms with Crippen molar-refractivity contribution in [2.75, 3.05) is 6.54 Å². The van der Waals surface area contributed by atoms with Gasteiger partial charge in [0.05, 0.1) is 4.90 Å². The fourth-order valence-electron chi connectivity index (χ4n) is 3.15. The molecule has 1 aliphatic rings. The van der Waals surface area contributed by atoms with E-state index in [1.54, 1.807) is 13.0 Å². The number of amides is 2. The fourth-order valence-corrected chi connectivity index (χ4v) is 4.53. The van der Waals surface area contributed by atoms with Crippen molar-refractivity contribution < 1.29 is 18.0 Å². The van der Waals surface area contributed by atoms with Gasteiger partial charge in [-0.25, -0.2) is 13.1 Å². The Morgan fingerprint density at radius 1 is 1.14 bits per heavy atom. The van der Waals surface area contributed by atoms with Gasteiger partial charge in [0.1, 0.15) is 5.54 Å². The first-order valence-electron chi connectivity index (χ1n) is 8.89. The number of nitrogens with zero attached hydrogens (tertiary/aromatic N) is 1. The summed E-state index contributed by atoms with van der Waals surface area (Å²) in [6, 6.07) is 15.2. The molecule has 1 unspecified atom stereocenters. The summed E-state index contributed by atoms with van der Waals surface area (Å²) in [5.41, 5.74) is -0.148. The van der Waals surface area contributed by atoms with Gasteiger partial charge in [-0.3, -0.25) is 9.59 Å². The normalized spacial score (nSPS) is 19.0. The van der Waals surface area contributed by atoms with Crippen LogP contribution in [0.15, 0.2) is 59.5 Å². The summed E-state index contributed by atoms with van der Waals surface area (Å²) in [6.07, 6.45) is 1.23. The van der Waals surface area contributed by atoms with Crippen LogP contribution in [-0.4, -0.2) is 37.2 Å². The number of likely N-dealkylation sites (tertiary alicyclic amines) is 1. The van der Waals surface area contributed by atoms with E-state index in [9.17, 15) is 18.0 Å². The quantitative estimate of drug-likeness (QED) is 0.778. The molecule has 0 saturated carbocycles. The Balaban J connectivity index is 1.66. The van der Waals surface area contributed by atoms with Crippen molar-refractivity contribution >= 4 is 33.4 Å². The van der Waals surface area contributed by atoms with Crippen LogP contribution in [0.25, 0.3) is 0 Å². The highest BCUT2D eigenvalue weighted by molar-refractivity contribution is 7.90. The second-order valence-electron chi connectivity index (χ2n) is 6.95. The zero-order valence-corrected chi connectivity index (χ0v) is 17.0. The molecule has 1 N–H and O–H groups in total. The molecule has 8 heteroatoms. The van der Waals surface area contributed by atoms with E-state index >= 15 is 0 Å². The third kappa shape index (κ3) is 4.20. The first-order chi connectivity index (χ1) is 13.2. The minimum atomic E-state index is -4.07. The topological polar surface area (TPSA) is 83.6 Å². The number of sulfonamides is 1. The van der Waals surface area contributed by atoms with E-state index in [1.807, 2.05) is 30.3 Å². The molecule has 2 aromatic rings. The van der Waals surface area contributed by atoms with Crippen LogP contribution in [0.3, 0.4) is 0 Å². The summed E-state index contributed by atoms with van der Waals surface area (Å²) in [7, 11) is -4.07. The molecular weight excluding hydrogens is 400 g/mol. The smallest absolute Gasteiger partial charge is 0.264 e. The number of hydrogen-bond donors (Lipinski definition) is 1. The van der Waals surface area contributed by atoms with Gasteiger partial charge < -0.3 is 4.90 Å². The van der Waals surface area contributed by atoms with E-state index in [1.165, 1.54) is 23.1 Å². The highest BCUT2D eigenvalue weighted by Crippen LogP contribution is 2.32. The molecule has 0 radical (unpaired) electrons. The lowest BCUT2D eigenvalue weighted by molar-refractivity contribution is -0.156. The van der Waals surface area contributed by atoms with Crippen LogP contribution in [-0.2, 0) is 26.0 Å². The van der Waals surface area contributed by atoms with Crippen LogP contribution in [0.4, 0.5) is 0 Å². The summed E-state index contributed by atoms with van der Waals surface area (Å²) in [6.45, 7) is 2.01. The van der Waals surface area contributed by atoms with Crippen LogP contribution in [0.1, 0.15) is 25.3 Å². The van der Waals surface area contributed by atoms with Gasteiger partial charge in [-0.1, -0.05) is 48.0 Å². The molecule has 2 amide bonds. The maximum atomic E-state index is 12.7. The number of nitrogens with one attached hydrogen (secondary N) is 1. The molecule has 1 saturated heterocycles. The summed E-state index contributed by atoms with van der Waals surface area (Å²) in [5, 5.41) is 0.253. The van der Waals surface area contributed by atoms with Gasteiger partial charge >= 0.3 is 0 Å². The lowest BCUT2D eigenvalue weighted by Gasteiger charge is -2.49. The van der Waals surface area contributed by atoms with Crippen LogP contribution in [0.5, 0.6) is 0 Å². The molecule has 1 fully saturated rings. The van der Waals surface area contributed by atoms with Crippen molar-refractivity contribution in [1.29, 1.82) is 0 Å². The molecule has 0 bridgehead atoms. The molecule has 148 valence electrons. The van der Waals surface area contributed by atoms with Gasteiger partial charge in [0.2, 0.25) is 5.91 Å².